The summed E-state index contributed by atoms with van der Waals surface area (Å²) in [4.78, 5) is 15.5. The molecule has 4 nitrogen and oxygen atoms in total. The first-order valence-electron chi connectivity index (χ1n) is 12.0. The van der Waals surface area contributed by atoms with Gasteiger partial charge in [0.15, 0.2) is 0 Å². The van der Waals surface area contributed by atoms with E-state index in [1.165, 1.54) is 0 Å². The molecular weight excluding hydrogens is 446 g/mol. The molecule has 2 aliphatic rings. The number of aromatic hydroxyl groups is 2. The van der Waals surface area contributed by atoms with E-state index >= 15 is 0 Å². The number of carbonyl (C=O) groups excluding carboxylic acids is 1. The van der Waals surface area contributed by atoms with Crippen LogP contribution in [0, 0.1) is 0 Å². The maximum absolute atomic E-state index is 13.6. The number of hydrogen-bond acceptors (Lipinski definition) is 3. The molecular formula is C32H25NO3. The molecule has 1 unspecified atom stereocenters. The molecule has 1 heterocycles. The highest BCUT2D eigenvalue weighted by molar-refractivity contribution is 5.99. The lowest BCUT2D eigenvalue weighted by Gasteiger charge is -2.45. The van der Waals surface area contributed by atoms with Gasteiger partial charge in [-0.3, -0.25) is 4.79 Å². The Morgan fingerprint density at radius 2 is 1.31 bits per heavy atom. The second kappa shape index (κ2) is 8.58. The minimum absolute atomic E-state index is 0.00149. The lowest BCUT2D eigenvalue weighted by molar-refractivity contribution is 0.0813. The van der Waals surface area contributed by atoms with Crippen molar-refractivity contribution in [2.75, 3.05) is 0 Å². The zero-order valence-corrected chi connectivity index (χ0v) is 19.6. The smallest absolute Gasteiger partial charge is 0.258 e. The molecule has 1 atom stereocenters. The van der Waals surface area contributed by atoms with E-state index in [9.17, 15) is 15.0 Å². The molecule has 0 spiro atoms. The van der Waals surface area contributed by atoms with Crippen molar-refractivity contribution < 1.29 is 15.0 Å². The fraction of sp³-hybridized carbons (Fsp3) is 0.0938. The predicted molar refractivity (Wildman–Crippen MR) is 140 cm³/mol. The fourth-order valence-electron chi connectivity index (χ4n) is 5.68. The van der Waals surface area contributed by atoms with E-state index in [4.69, 9.17) is 0 Å². The molecule has 4 aromatic carbocycles. The van der Waals surface area contributed by atoms with Gasteiger partial charge in [-0.15, -0.1) is 0 Å². The number of fused-ring (bicyclic) bond motifs is 1. The van der Waals surface area contributed by atoms with Crippen molar-refractivity contribution in [1.29, 1.82) is 0 Å². The Morgan fingerprint density at radius 3 is 1.92 bits per heavy atom. The van der Waals surface area contributed by atoms with Crippen molar-refractivity contribution >= 4 is 5.91 Å². The predicted octanol–water partition coefficient (Wildman–Crippen LogP) is 6.28. The Kier molecular flexibility index (Phi) is 5.23. The third-order valence-electron chi connectivity index (χ3n) is 7.33. The highest BCUT2D eigenvalue weighted by Crippen LogP contribution is 2.53. The molecule has 4 heteroatoms. The van der Waals surface area contributed by atoms with Crippen molar-refractivity contribution in [2.24, 2.45) is 0 Å². The first-order chi connectivity index (χ1) is 17.6. The summed E-state index contributed by atoms with van der Waals surface area (Å²) < 4.78 is 0. The number of hydrogen-bond donors (Lipinski definition) is 2. The SMILES string of the molecule is O=C1c2ccccc2CN1C1=CC=CC(c2ccc(O)cc2)(c2ccc(O)cc2)C1c1ccccc1. The molecule has 0 saturated heterocycles. The summed E-state index contributed by atoms with van der Waals surface area (Å²) in [6.07, 6.45) is 6.23. The summed E-state index contributed by atoms with van der Waals surface area (Å²) in [7, 11) is 0. The van der Waals surface area contributed by atoms with Gasteiger partial charge < -0.3 is 15.1 Å². The topological polar surface area (TPSA) is 60.8 Å². The van der Waals surface area contributed by atoms with Crippen LogP contribution in [-0.2, 0) is 12.0 Å². The molecule has 0 saturated carbocycles. The number of phenolic OH excluding ortho intramolecular Hbond substituents is 2. The van der Waals surface area contributed by atoms with Gasteiger partial charge in [-0.05, 0) is 58.7 Å². The lowest BCUT2D eigenvalue weighted by atomic mass is 9.60. The van der Waals surface area contributed by atoms with E-state index < -0.39 is 5.41 Å². The number of carbonyl (C=O) groups is 1. The van der Waals surface area contributed by atoms with Crippen molar-refractivity contribution in [3.63, 3.8) is 0 Å². The van der Waals surface area contributed by atoms with Gasteiger partial charge >= 0.3 is 0 Å². The van der Waals surface area contributed by atoms with Crippen LogP contribution in [0.25, 0.3) is 0 Å². The second-order valence-corrected chi connectivity index (χ2v) is 9.31. The average Bonchev–Trinajstić information content (AvgIpc) is 3.26. The molecule has 6 rings (SSSR count). The Labute approximate surface area is 210 Å². The van der Waals surface area contributed by atoms with Gasteiger partial charge in [0.25, 0.3) is 5.91 Å². The molecule has 36 heavy (non-hydrogen) atoms. The van der Waals surface area contributed by atoms with Gasteiger partial charge in [0.1, 0.15) is 11.5 Å². The Hall–Kier alpha value is -4.57. The van der Waals surface area contributed by atoms with E-state index in [0.29, 0.717) is 6.54 Å². The van der Waals surface area contributed by atoms with Crippen LogP contribution in [0.2, 0.25) is 0 Å². The summed E-state index contributed by atoms with van der Waals surface area (Å²) in [5, 5.41) is 20.1. The molecule has 4 aromatic rings. The highest BCUT2D eigenvalue weighted by atomic mass is 16.3. The molecule has 1 aliphatic heterocycles. The van der Waals surface area contributed by atoms with Gasteiger partial charge in [-0.2, -0.15) is 0 Å². The number of rotatable bonds is 4. The van der Waals surface area contributed by atoms with Gasteiger partial charge in [-0.25, -0.2) is 0 Å². The van der Waals surface area contributed by atoms with Gasteiger partial charge in [-0.1, -0.05) is 84.9 Å². The molecule has 176 valence electrons. The second-order valence-electron chi connectivity index (χ2n) is 9.31. The number of nitrogens with zero attached hydrogens (tertiary/aromatic N) is 1. The Morgan fingerprint density at radius 1 is 0.722 bits per heavy atom. The fourth-order valence-corrected chi connectivity index (χ4v) is 5.68. The zero-order chi connectivity index (χ0) is 24.7. The first kappa shape index (κ1) is 21.9. The quantitative estimate of drug-likeness (QED) is 0.368. The number of phenols is 2. The normalized spacial score (nSPS) is 18.1. The van der Waals surface area contributed by atoms with E-state index in [2.05, 4.69) is 18.2 Å². The van der Waals surface area contributed by atoms with E-state index in [1.807, 2.05) is 83.8 Å². The summed E-state index contributed by atoms with van der Waals surface area (Å²) >= 11 is 0. The molecule has 1 amide bonds. The van der Waals surface area contributed by atoms with Crippen molar-refractivity contribution in [1.82, 2.24) is 4.90 Å². The van der Waals surface area contributed by atoms with Crippen LogP contribution in [-0.4, -0.2) is 21.0 Å². The van der Waals surface area contributed by atoms with Crippen LogP contribution in [0.4, 0.5) is 0 Å². The van der Waals surface area contributed by atoms with Crippen LogP contribution < -0.4 is 0 Å². The van der Waals surface area contributed by atoms with Crippen LogP contribution in [0.15, 0.2) is 127 Å². The van der Waals surface area contributed by atoms with E-state index in [0.717, 1.165) is 33.5 Å². The molecule has 0 bridgehead atoms. The number of benzene rings is 4. The van der Waals surface area contributed by atoms with Crippen molar-refractivity contribution in [2.45, 2.75) is 17.9 Å². The maximum Gasteiger partial charge on any atom is 0.258 e. The van der Waals surface area contributed by atoms with Crippen LogP contribution in [0.5, 0.6) is 11.5 Å². The monoisotopic (exact) mass is 471 g/mol. The maximum atomic E-state index is 13.6. The average molecular weight is 472 g/mol. The minimum atomic E-state index is -0.693. The molecule has 1 aliphatic carbocycles. The number of amides is 1. The van der Waals surface area contributed by atoms with Crippen molar-refractivity contribution in [3.05, 3.63) is 155 Å². The van der Waals surface area contributed by atoms with Gasteiger partial charge in [0.2, 0.25) is 0 Å². The van der Waals surface area contributed by atoms with Crippen molar-refractivity contribution in [3.8, 4) is 11.5 Å². The summed E-state index contributed by atoms with van der Waals surface area (Å²) in [6, 6.07) is 32.5. The summed E-state index contributed by atoms with van der Waals surface area (Å²) in [5.74, 6) is 0.141. The summed E-state index contributed by atoms with van der Waals surface area (Å²) in [5.41, 5.74) is 4.99. The van der Waals surface area contributed by atoms with Gasteiger partial charge in [0, 0.05) is 17.2 Å². The van der Waals surface area contributed by atoms with Crippen LogP contribution in [0.1, 0.15) is 38.5 Å². The third kappa shape index (κ3) is 3.42. The largest absolute Gasteiger partial charge is 0.508 e. The lowest BCUT2D eigenvalue weighted by Crippen LogP contribution is -2.41. The molecule has 0 radical (unpaired) electrons. The van der Waals surface area contributed by atoms with E-state index in [1.54, 1.807) is 24.3 Å². The molecule has 0 fully saturated rings. The van der Waals surface area contributed by atoms with Crippen LogP contribution in [0.3, 0.4) is 0 Å². The van der Waals surface area contributed by atoms with Gasteiger partial charge in [0.05, 0.1) is 12.0 Å². The Bertz CT molecular complexity index is 1440. The molecule has 0 aromatic heterocycles. The Balaban J connectivity index is 1.60. The summed E-state index contributed by atoms with van der Waals surface area (Å²) in [6.45, 7) is 0.513. The standard InChI is InChI=1S/C32H25NO3/c34-26-16-12-24(13-17-26)32(25-14-18-27(35)19-15-25)20-6-11-29(30(32)22-7-2-1-3-8-22)33-21-23-9-4-5-10-28(23)31(33)36/h1-20,30,34-35H,21H2. The number of allylic oxidation sites excluding steroid dienone is 4. The zero-order valence-electron chi connectivity index (χ0n) is 19.6. The molecule has 2 N–H and O–H groups in total. The van der Waals surface area contributed by atoms with E-state index in [-0.39, 0.29) is 23.3 Å². The van der Waals surface area contributed by atoms with Crippen LogP contribution >= 0.6 is 0 Å². The third-order valence-corrected chi connectivity index (χ3v) is 7.33. The first-order valence-corrected chi connectivity index (χ1v) is 12.0. The minimum Gasteiger partial charge on any atom is -0.508 e. The highest BCUT2D eigenvalue weighted by Gasteiger charge is 2.47.